The van der Waals surface area contributed by atoms with Crippen molar-refractivity contribution in [2.24, 2.45) is 10.9 Å². The fraction of sp³-hybridized carbons (Fsp3) is 0.667. The quantitative estimate of drug-likeness (QED) is 0.376. The normalized spacial score (nSPS) is 19.2. The maximum Gasteiger partial charge on any atom is 0.401 e. The average molecular weight is 476 g/mol. The molecule has 138 valence electrons. The molecule has 1 unspecified atom stereocenters. The third kappa shape index (κ3) is 8.02. The van der Waals surface area contributed by atoms with E-state index in [1.807, 2.05) is 24.4 Å². The molecule has 1 saturated heterocycles. The van der Waals surface area contributed by atoms with Crippen LogP contribution in [0.2, 0.25) is 0 Å². The van der Waals surface area contributed by atoms with Crippen LogP contribution in [0.4, 0.5) is 13.2 Å². The Balaban J connectivity index is 0.00000288. The van der Waals surface area contributed by atoms with Gasteiger partial charge in [-0.3, -0.25) is 4.90 Å². The van der Waals surface area contributed by atoms with Crippen molar-refractivity contribution >= 4 is 41.3 Å². The summed E-state index contributed by atoms with van der Waals surface area (Å²) >= 11 is 1.66. The first-order valence-corrected chi connectivity index (χ1v) is 8.68. The summed E-state index contributed by atoms with van der Waals surface area (Å²) in [4.78, 5) is 7.16. The minimum atomic E-state index is -4.11. The molecule has 4 nitrogen and oxygen atoms in total. The number of hydrogen-bond donors (Lipinski definition) is 2. The van der Waals surface area contributed by atoms with Crippen LogP contribution in [0.5, 0.6) is 0 Å². The highest BCUT2D eigenvalue weighted by Gasteiger charge is 2.34. The van der Waals surface area contributed by atoms with Gasteiger partial charge in [0.05, 0.1) is 13.1 Å². The molecule has 2 rings (SSSR count). The van der Waals surface area contributed by atoms with E-state index in [0.29, 0.717) is 26.2 Å². The van der Waals surface area contributed by atoms with E-state index in [4.69, 9.17) is 0 Å². The first kappa shape index (κ1) is 21.5. The molecule has 1 aromatic rings. The summed E-state index contributed by atoms with van der Waals surface area (Å²) in [5.74, 6) is 0.943. The average Bonchev–Trinajstić information content (AvgIpc) is 3.12. The number of hydrogen-bond acceptors (Lipinski definition) is 3. The van der Waals surface area contributed by atoms with E-state index in [0.717, 1.165) is 18.9 Å². The zero-order valence-electron chi connectivity index (χ0n) is 13.6. The van der Waals surface area contributed by atoms with Crippen LogP contribution in [0.25, 0.3) is 0 Å². The molecule has 0 aromatic carbocycles. The Morgan fingerprint density at radius 1 is 1.42 bits per heavy atom. The highest BCUT2D eigenvalue weighted by molar-refractivity contribution is 14.0. The smallest absolute Gasteiger partial charge is 0.357 e. The van der Waals surface area contributed by atoms with Crippen molar-refractivity contribution in [3.8, 4) is 0 Å². The lowest BCUT2D eigenvalue weighted by Crippen LogP contribution is -2.40. The molecule has 1 aromatic heterocycles. The molecule has 0 aliphatic carbocycles. The highest BCUT2D eigenvalue weighted by atomic mass is 127. The van der Waals surface area contributed by atoms with Crippen LogP contribution in [-0.4, -0.2) is 49.8 Å². The zero-order valence-corrected chi connectivity index (χ0v) is 16.8. The van der Waals surface area contributed by atoms with Gasteiger partial charge in [0.15, 0.2) is 5.96 Å². The summed E-state index contributed by atoms with van der Waals surface area (Å²) < 4.78 is 37.2. The number of aliphatic imine (C=N–C) groups is 1. The second kappa shape index (κ2) is 10.4. The van der Waals surface area contributed by atoms with Crippen LogP contribution in [0, 0.1) is 5.92 Å². The Labute approximate surface area is 161 Å². The van der Waals surface area contributed by atoms with Gasteiger partial charge in [0.1, 0.15) is 0 Å². The minimum absolute atomic E-state index is 0. The largest absolute Gasteiger partial charge is 0.401 e. The topological polar surface area (TPSA) is 39.7 Å². The Hall–Kier alpha value is -0.550. The van der Waals surface area contributed by atoms with E-state index in [9.17, 15) is 13.2 Å². The van der Waals surface area contributed by atoms with Gasteiger partial charge in [-0.1, -0.05) is 6.07 Å². The fourth-order valence-corrected chi connectivity index (χ4v) is 3.25. The summed E-state index contributed by atoms with van der Waals surface area (Å²) in [6.45, 7) is 4.17. The monoisotopic (exact) mass is 476 g/mol. The third-order valence-electron chi connectivity index (χ3n) is 3.65. The molecule has 0 amide bonds. The molecule has 1 atom stereocenters. The molecule has 1 fully saturated rings. The van der Waals surface area contributed by atoms with Crippen molar-refractivity contribution < 1.29 is 13.2 Å². The number of halogens is 4. The van der Waals surface area contributed by atoms with Crippen molar-refractivity contribution in [3.05, 3.63) is 22.4 Å². The molecular formula is C15H24F3IN4S. The van der Waals surface area contributed by atoms with Gasteiger partial charge in [-0.25, -0.2) is 4.99 Å². The van der Waals surface area contributed by atoms with Gasteiger partial charge in [0.25, 0.3) is 0 Å². The van der Waals surface area contributed by atoms with Gasteiger partial charge >= 0.3 is 6.18 Å². The Bertz CT molecular complexity index is 493. The summed E-state index contributed by atoms with van der Waals surface area (Å²) in [6.07, 6.45) is -3.33. The minimum Gasteiger partial charge on any atom is -0.357 e. The van der Waals surface area contributed by atoms with Gasteiger partial charge in [-0.15, -0.1) is 35.3 Å². The van der Waals surface area contributed by atoms with Crippen LogP contribution in [-0.2, 0) is 6.54 Å². The number of nitrogens with one attached hydrogen (secondary N) is 2. The third-order valence-corrected chi connectivity index (χ3v) is 4.51. The van der Waals surface area contributed by atoms with E-state index in [-0.39, 0.29) is 29.9 Å². The molecule has 0 saturated carbocycles. The number of alkyl halides is 3. The summed E-state index contributed by atoms with van der Waals surface area (Å²) in [6, 6.07) is 4.02. The zero-order chi connectivity index (χ0) is 16.7. The van der Waals surface area contributed by atoms with Crippen LogP contribution in [0.3, 0.4) is 0 Å². The van der Waals surface area contributed by atoms with Gasteiger partial charge in [0.2, 0.25) is 0 Å². The van der Waals surface area contributed by atoms with E-state index < -0.39 is 12.7 Å². The SMILES string of the molecule is CCNC(=NCc1cccs1)NCC1CCN(CC(F)(F)F)C1.I. The number of likely N-dealkylation sites (tertiary alicyclic amines) is 1. The number of rotatable bonds is 6. The summed E-state index contributed by atoms with van der Waals surface area (Å²) in [5, 5.41) is 8.43. The molecule has 2 heterocycles. The van der Waals surface area contributed by atoms with E-state index in [1.54, 1.807) is 11.3 Å². The molecular weight excluding hydrogens is 452 g/mol. The Kier molecular flexibility index (Phi) is 9.35. The van der Waals surface area contributed by atoms with Crippen LogP contribution < -0.4 is 10.6 Å². The second-order valence-corrected chi connectivity index (χ2v) is 6.69. The Morgan fingerprint density at radius 3 is 2.83 bits per heavy atom. The van der Waals surface area contributed by atoms with Crippen molar-refractivity contribution in [3.63, 3.8) is 0 Å². The van der Waals surface area contributed by atoms with Gasteiger partial charge in [-0.05, 0) is 37.3 Å². The lowest BCUT2D eigenvalue weighted by atomic mass is 10.1. The first-order chi connectivity index (χ1) is 11.0. The van der Waals surface area contributed by atoms with Gasteiger partial charge < -0.3 is 10.6 Å². The molecule has 0 bridgehead atoms. The van der Waals surface area contributed by atoms with Crippen molar-refractivity contribution in [1.29, 1.82) is 0 Å². The van der Waals surface area contributed by atoms with Crippen molar-refractivity contribution in [2.75, 3.05) is 32.7 Å². The van der Waals surface area contributed by atoms with E-state index in [1.165, 1.54) is 9.78 Å². The summed E-state index contributed by atoms with van der Waals surface area (Å²) in [5.41, 5.74) is 0. The maximum atomic E-state index is 12.4. The fourth-order valence-electron chi connectivity index (χ4n) is 2.62. The second-order valence-electron chi connectivity index (χ2n) is 5.66. The predicted octanol–water partition coefficient (Wildman–Crippen LogP) is 3.31. The molecule has 1 aliphatic rings. The molecule has 0 spiro atoms. The van der Waals surface area contributed by atoms with E-state index >= 15 is 0 Å². The lowest BCUT2D eigenvalue weighted by molar-refractivity contribution is -0.143. The Morgan fingerprint density at radius 2 is 2.21 bits per heavy atom. The molecule has 0 radical (unpaired) electrons. The van der Waals surface area contributed by atoms with Gasteiger partial charge in [0, 0.05) is 24.5 Å². The molecule has 24 heavy (non-hydrogen) atoms. The lowest BCUT2D eigenvalue weighted by Gasteiger charge is -2.18. The van der Waals surface area contributed by atoms with Crippen LogP contribution >= 0.6 is 35.3 Å². The van der Waals surface area contributed by atoms with Crippen LogP contribution in [0.1, 0.15) is 18.2 Å². The number of nitrogens with zero attached hydrogens (tertiary/aromatic N) is 2. The molecule has 9 heteroatoms. The van der Waals surface area contributed by atoms with Crippen molar-refractivity contribution in [2.45, 2.75) is 26.1 Å². The highest BCUT2D eigenvalue weighted by Crippen LogP contribution is 2.22. The molecule has 2 N–H and O–H groups in total. The van der Waals surface area contributed by atoms with Crippen LogP contribution in [0.15, 0.2) is 22.5 Å². The number of thiophene rings is 1. The standard InChI is InChI=1S/C15H23F3N4S.HI/c1-2-19-14(21-9-13-4-3-7-23-13)20-8-12-5-6-22(10-12)11-15(16,17)18;/h3-4,7,12H,2,5-6,8-11H2,1H3,(H2,19,20,21);1H. The van der Waals surface area contributed by atoms with Crippen molar-refractivity contribution in [1.82, 2.24) is 15.5 Å². The first-order valence-electron chi connectivity index (χ1n) is 7.80. The van der Waals surface area contributed by atoms with Gasteiger partial charge in [-0.2, -0.15) is 13.2 Å². The summed E-state index contributed by atoms with van der Waals surface area (Å²) in [7, 11) is 0. The van der Waals surface area contributed by atoms with E-state index in [2.05, 4.69) is 15.6 Å². The number of guanidine groups is 1. The predicted molar refractivity (Wildman–Crippen MR) is 103 cm³/mol. The molecule has 1 aliphatic heterocycles. The maximum absolute atomic E-state index is 12.4.